The number of carbonyl (C=O) groups is 1. The second-order valence-corrected chi connectivity index (χ2v) is 6.65. The van der Waals surface area contributed by atoms with E-state index in [0.717, 1.165) is 5.56 Å². The predicted octanol–water partition coefficient (Wildman–Crippen LogP) is 4.97. The third-order valence-electron chi connectivity index (χ3n) is 4.67. The number of non-ortho nitro benzene ring substituents is 1. The van der Waals surface area contributed by atoms with Crippen molar-refractivity contribution in [3.63, 3.8) is 0 Å². The predicted molar refractivity (Wildman–Crippen MR) is 111 cm³/mol. The van der Waals surface area contributed by atoms with E-state index in [1.807, 2.05) is 37.3 Å². The van der Waals surface area contributed by atoms with Crippen molar-refractivity contribution in [2.75, 3.05) is 5.01 Å². The van der Waals surface area contributed by atoms with Gasteiger partial charge in [-0.25, -0.2) is 0 Å². The minimum absolute atomic E-state index is 0.00523. The van der Waals surface area contributed by atoms with Crippen molar-refractivity contribution < 1.29 is 14.1 Å². The molecule has 0 saturated carbocycles. The molecule has 0 atom stereocenters. The summed E-state index contributed by atoms with van der Waals surface area (Å²) < 4.78 is 5.86. The van der Waals surface area contributed by atoms with Gasteiger partial charge in [0.15, 0.2) is 0 Å². The standard InChI is InChI=1S/C22H17N3O4/c1-14-8-9-17(25(27)28)12-19(14)21-11-10-18(29-21)13-20-15(2)23-24(22(20)26)16-6-4-3-5-7-16/h3-13H,1-2H3. The van der Waals surface area contributed by atoms with Gasteiger partial charge in [-0.15, -0.1) is 0 Å². The van der Waals surface area contributed by atoms with E-state index in [4.69, 9.17) is 4.42 Å². The summed E-state index contributed by atoms with van der Waals surface area (Å²) in [7, 11) is 0. The normalized spacial score (nSPS) is 15.1. The van der Waals surface area contributed by atoms with Gasteiger partial charge in [-0.1, -0.05) is 24.3 Å². The zero-order valence-corrected chi connectivity index (χ0v) is 15.8. The van der Waals surface area contributed by atoms with Crippen molar-refractivity contribution in [3.05, 3.63) is 87.7 Å². The summed E-state index contributed by atoms with van der Waals surface area (Å²) in [6, 6.07) is 17.3. The molecule has 2 aromatic carbocycles. The molecule has 144 valence electrons. The lowest BCUT2D eigenvalue weighted by molar-refractivity contribution is -0.384. The number of para-hydroxylation sites is 1. The number of amides is 1. The van der Waals surface area contributed by atoms with Gasteiger partial charge >= 0.3 is 0 Å². The van der Waals surface area contributed by atoms with Crippen molar-refractivity contribution in [3.8, 4) is 11.3 Å². The maximum absolute atomic E-state index is 12.8. The average molecular weight is 387 g/mol. The second-order valence-electron chi connectivity index (χ2n) is 6.65. The Kier molecular flexibility index (Phi) is 4.56. The molecule has 0 aliphatic carbocycles. The van der Waals surface area contributed by atoms with Crippen LogP contribution in [0, 0.1) is 17.0 Å². The molecule has 7 heteroatoms. The van der Waals surface area contributed by atoms with Crippen LogP contribution >= 0.6 is 0 Å². The average Bonchev–Trinajstić information content (AvgIpc) is 3.29. The first-order valence-electron chi connectivity index (χ1n) is 8.96. The molecule has 1 amide bonds. The van der Waals surface area contributed by atoms with Gasteiger partial charge in [0.05, 0.1) is 21.9 Å². The van der Waals surface area contributed by atoms with Crippen LogP contribution < -0.4 is 5.01 Å². The largest absolute Gasteiger partial charge is 0.457 e. The van der Waals surface area contributed by atoms with E-state index in [0.29, 0.717) is 34.1 Å². The first-order chi connectivity index (χ1) is 13.9. The third-order valence-corrected chi connectivity index (χ3v) is 4.67. The number of carbonyl (C=O) groups excluding carboxylic acids is 1. The number of hydrogen-bond acceptors (Lipinski definition) is 5. The molecule has 1 aliphatic rings. The van der Waals surface area contributed by atoms with Crippen molar-refractivity contribution in [1.29, 1.82) is 0 Å². The summed E-state index contributed by atoms with van der Waals surface area (Å²) in [5, 5.41) is 16.8. The summed E-state index contributed by atoms with van der Waals surface area (Å²) in [5.74, 6) is 0.731. The van der Waals surface area contributed by atoms with Gasteiger partial charge in [-0.2, -0.15) is 10.1 Å². The van der Waals surface area contributed by atoms with E-state index < -0.39 is 4.92 Å². The van der Waals surface area contributed by atoms with Crippen LogP contribution in [0.3, 0.4) is 0 Å². The highest BCUT2D eigenvalue weighted by Gasteiger charge is 2.29. The van der Waals surface area contributed by atoms with Crippen LogP contribution in [0.2, 0.25) is 0 Å². The van der Waals surface area contributed by atoms with Gasteiger partial charge in [-0.3, -0.25) is 14.9 Å². The zero-order valence-electron chi connectivity index (χ0n) is 15.8. The van der Waals surface area contributed by atoms with Crippen molar-refractivity contribution in [2.24, 2.45) is 5.10 Å². The summed E-state index contributed by atoms with van der Waals surface area (Å²) in [6.45, 7) is 3.62. The molecule has 0 fully saturated rings. The first-order valence-corrected chi connectivity index (χ1v) is 8.96. The molecule has 4 rings (SSSR count). The molecule has 1 aliphatic heterocycles. The second kappa shape index (κ2) is 7.20. The Labute approximate surface area is 166 Å². The molecular weight excluding hydrogens is 370 g/mol. The van der Waals surface area contributed by atoms with E-state index in [1.54, 1.807) is 31.2 Å². The van der Waals surface area contributed by atoms with Crippen LogP contribution in [0.15, 0.2) is 75.8 Å². The van der Waals surface area contributed by atoms with E-state index in [9.17, 15) is 14.9 Å². The summed E-state index contributed by atoms with van der Waals surface area (Å²) in [4.78, 5) is 23.4. The van der Waals surface area contributed by atoms with E-state index in [-0.39, 0.29) is 11.6 Å². The Balaban J connectivity index is 1.65. The fraction of sp³-hybridized carbons (Fsp3) is 0.0909. The number of hydrogen-bond donors (Lipinski definition) is 0. The molecule has 29 heavy (non-hydrogen) atoms. The highest BCUT2D eigenvalue weighted by molar-refractivity contribution is 6.32. The number of nitro benzene ring substituents is 1. The van der Waals surface area contributed by atoms with Crippen molar-refractivity contribution in [1.82, 2.24) is 0 Å². The Hall–Kier alpha value is -4.00. The Bertz CT molecular complexity index is 1180. The number of furan rings is 1. The van der Waals surface area contributed by atoms with Crippen LogP contribution in [0.25, 0.3) is 17.4 Å². The fourth-order valence-corrected chi connectivity index (χ4v) is 3.13. The molecule has 2 heterocycles. The smallest absolute Gasteiger partial charge is 0.280 e. The number of nitro groups is 1. The Morgan fingerprint density at radius 3 is 2.55 bits per heavy atom. The fourth-order valence-electron chi connectivity index (χ4n) is 3.13. The van der Waals surface area contributed by atoms with Crippen LogP contribution in [0.4, 0.5) is 11.4 Å². The summed E-state index contributed by atoms with van der Waals surface area (Å²) >= 11 is 0. The van der Waals surface area contributed by atoms with Gasteiger partial charge in [0, 0.05) is 17.7 Å². The first kappa shape index (κ1) is 18.4. The van der Waals surface area contributed by atoms with Gasteiger partial charge in [-0.05, 0) is 49.8 Å². The molecule has 3 aromatic rings. The molecule has 1 aromatic heterocycles. The molecule has 0 saturated heterocycles. The quantitative estimate of drug-likeness (QED) is 0.359. The topological polar surface area (TPSA) is 89.0 Å². The number of benzene rings is 2. The van der Waals surface area contributed by atoms with Gasteiger partial charge in [0.25, 0.3) is 11.6 Å². The number of nitrogens with zero attached hydrogens (tertiary/aromatic N) is 3. The molecule has 0 spiro atoms. The minimum atomic E-state index is -0.441. The number of hydrazone groups is 1. The lowest BCUT2D eigenvalue weighted by Crippen LogP contribution is -2.21. The summed E-state index contributed by atoms with van der Waals surface area (Å²) in [6.07, 6.45) is 1.64. The molecular formula is C22H17N3O4. The maximum atomic E-state index is 12.8. The lowest BCUT2D eigenvalue weighted by atomic mass is 10.1. The Morgan fingerprint density at radius 1 is 1.07 bits per heavy atom. The van der Waals surface area contributed by atoms with E-state index >= 15 is 0 Å². The molecule has 0 radical (unpaired) electrons. The Morgan fingerprint density at radius 2 is 1.83 bits per heavy atom. The monoisotopic (exact) mass is 387 g/mol. The van der Waals surface area contributed by atoms with Gasteiger partial charge < -0.3 is 4.42 Å². The molecule has 0 unspecified atom stereocenters. The van der Waals surface area contributed by atoms with E-state index in [1.165, 1.54) is 17.1 Å². The lowest BCUT2D eigenvalue weighted by Gasteiger charge is -2.10. The highest BCUT2D eigenvalue weighted by atomic mass is 16.6. The minimum Gasteiger partial charge on any atom is -0.457 e. The zero-order chi connectivity index (χ0) is 20.5. The van der Waals surface area contributed by atoms with Crippen LogP contribution in [-0.4, -0.2) is 16.5 Å². The van der Waals surface area contributed by atoms with Crippen LogP contribution in [-0.2, 0) is 4.79 Å². The van der Waals surface area contributed by atoms with Crippen LogP contribution in [0.5, 0.6) is 0 Å². The third kappa shape index (κ3) is 3.45. The van der Waals surface area contributed by atoms with Gasteiger partial charge in [0.1, 0.15) is 11.5 Å². The molecule has 0 N–H and O–H groups in total. The van der Waals surface area contributed by atoms with Crippen molar-refractivity contribution >= 4 is 29.1 Å². The van der Waals surface area contributed by atoms with E-state index in [2.05, 4.69) is 5.10 Å². The van der Waals surface area contributed by atoms with Crippen LogP contribution in [0.1, 0.15) is 18.2 Å². The van der Waals surface area contributed by atoms with Crippen molar-refractivity contribution in [2.45, 2.75) is 13.8 Å². The van der Waals surface area contributed by atoms with Gasteiger partial charge in [0.2, 0.25) is 0 Å². The molecule has 0 bridgehead atoms. The number of rotatable bonds is 4. The highest BCUT2D eigenvalue weighted by Crippen LogP contribution is 2.31. The maximum Gasteiger partial charge on any atom is 0.280 e. The number of anilines is 1. The number of aryl methyl sites for hydroxylation is 1. The summed E-state index contributed by atoms with van der Waals surface area (Å²) in [5.41, 5.74) is 3.20. The molecule has 7 nitrogen and oxygen atoms in total. The SMILES string of the molecule is CC1=NN(c2ccccc2)C(=O)C1=Cc1ccc(-c2cc([N+](=O)[O-])ccc2C)o1.